The SMILES string of the molecule is Cc1cc(Nc2ccc(NS(=O)(=O)Cc3ccc(C(F)(F)F)cc3)cc2)nc(N2CCCCC2)n1. The third-order valence-electron chi connectivity index (χ3n) is 5.55. The van der Waals surface area contributed by atoms with E-state index in [0.717, 1.165) is 61.6 Å². The standard InChI is InChI=1S/C24H26F3N5O2S/c1-17-15-22(30-23(28-17)32-13-3-2-4-14-32)29-20-9-11-21(12-10-20)31-35(33,34)16-18-5-7-19(8-6-18)24(25,26)27/h5-12,15,31H,2-4,13-14,16H2,1H3,(H,28,29,30). The molecule has 1 fully saturated rings. The van der Waals surface area contributed by atoms with Crippen molar-refractivity contribution in [2.24, 2.45) is 0 Å². The van der Waals surface area contributed by atoms with Gasteiger partial charge in [-0.2, -0.15) is 18.2 Å². The van der Waals surface area contributed by atoms with Crippen molar-refractivity contribution in [1.82, 2.24) is 9.97 Å². The minimum absolute atomic E-state index is 0.257. The van der Waals surface area contributed by atoms with Crippen molar-refractivity contribution >= 4 is 33.2 Å². The number of benzene rings is 2. The molecule has 11 heteroatoms. The van der Waals surface area contributed by atoms with E-state index in [0.29, 0.717) is 17.5 Å². The van der Waals surface area contributed by atoms with Gasteiger partial charge in [0.25, 0.3) is 0 Å². The molecule has 2 N–H and O–H groups in total. The van der Waals surface area contributed by atoms with Gasteiger partial charge >= 0.3 is 6.18 Å². The molecule has 4 rings (SSSR count). The van der Waals surface area contributed by atoms with Crippen molar-refractivity contribution in [3.05, 3.63) is 71.4 Å². The monoisotopic (exact) mass is 505 g/mol. The normalized spacial score (nSPS) is 14.6. The van der Waals surface area contributed by atoms with Gasteiger partial charge in [-0.05, 0) is 68.1 Å². The molecule has 2 aromatic carbocycles. The summed E-state index contributed by atoms with van der Waals surface area (Å²) >= 11 is 0. The molecule has 0 atom stereocenters. The van der Waals surface area contributed by atoms with Crippen LogP contribution in [0.25, 0.3) is 0 Å². The van der Waals surface area contributed by atoms with Crippen LogP contribution in [0.2, 0.25) is 0 Å². The Kier molecular flexibility index (Phi) is 7.15. The quantitative estimate of drug-likeness (QED) is 0.442. The highest BCUT2D eigenvalue weighted by atomic mass is 32.2. The maximum atomic E-state index is 12.7. The van der Waals surface area contributed by atoms with Crippen molar-refractivity contribution in [1.29, 1.82) is 0 Å². The molecule has 0 unspecified atom stereocenters. The first kappa shape index (κ1) is 24.8. The van der Waals surface area contributed by atoms with Gasteiger partial charge < -0.3 is 10.2 Å². The minimum atomic E-state index is -4.47. The third-order valence-corrected chi connectivity index (χ3v) is 6.81. The van der Waals surface area contributed by atoms with Crippen LogP contribution in [0.5, 0.6) is 0 Å². The lowest BCUT2D eigenvalue weighted by Crippen LogP contribution is -2.31. The molecule has 1 aliphatic rings. The van der Waals surface area contributed by atoms with Gasteiger partial charge in [-0.1, -0.05) is 12.1 Å². The largest absolute Gasteiger partial charge is 0.416 e. The van der Waals surface area contributed by atoms with E-state index in [2.05, 4.69) is 24.9 Å². The van der Waals surface area contributed by atoms with Crippen LogP contribution in [0.4, 0.5) is 36.3 Å². The predicted molar refractivity (Wildman–Crippen MR) is 130 cm³/mol. The molecule has 0 aliphatic carbocycles. The molecule has 0 radical (unpaired) electrons. The summed E-state index contributed by atoms with van der Waals surface area (Å²) in [6.07, 6.45) is -1.01. The smallest absolute Gasteiger partial charge is 0.341 e. The molecule has 0 saturated carbocycles. The topological polar surface area (TPSA) is 87.2 Å². The lowest BCUT2D eigenvalue weighted by molar-refractivity contribution is -0.137. The summed E-state index contributed by atoms with van der Waals surface area (Å²) in [4.78, 5) is 11.3. The Labute approximate surface area is 202 Å². The average molecular weight is 506 g/mol. The first-order chi connectivity index (χ1) is 16.6. The van der Waals surface area contributed by atoms with E-state index >= 15 is 0 Å². The molecule has 0 spiro atoms. The maximum absolute atomic E-state index is 12.7. The van der Waals surface area contributed by atoms with Gasteiger partial charge in [0.2, 0.25) is 16.0 Å². The highest BCUT2D eigenvalue weighted by Gasteiger charge is 2.30. The highest BCUT2D eigenvalue weighted by Crippen LogP contribution is 2.29. The van der Waals surface area contributed by atoms with Gasteiger partial charge in [-0.15, -0.1) is 0 Å². The maximum Gasteiger partial charge on any atom is 0.416 e. The van der Waals surface area contributed by atoms with Crippen molar-refractivity contribution in [2.45, 2.75) is 38.1 Å². The number of aromatic nitrogens is 2. The highest BCUT2D eigenvalue weighted by molar-refractivity contribution is 7.91. The van der Waals surface area contributed by atoms with E-state index in [1.807, 2.05) is 13.0 Å². The summed E-state index contributed by atoms with van der Waals surface area (Å²) in [5.41, 5.74) is 1.34. The van der Waals surface area contributed by atoms with Crippen molar-refractivity contribution < 1.29 is 21.6 Å². The molecule has 0 amide bonds. The Bertz CT molecular complexity index is 1260. The Hall–Kier alpha value is -3.34. The fraction of sp³-hybridized carbons (Fsp3) is 0.333. The molecule has 1 saturated heterocycles. The van der Waals surface area contributed by atoms with Crippen molar-refractivity contribution in [2.75, 3.05) is 28.0 Å². The first-order valence-electron chi connectivity index (χ1n) is 11.2. The Morgan fingerprint density at radius 1 is 0.914 bits per heavy atom. The summed E-state index contributed by atoms with van der Waals surface area (Å²) in [6, 6.07) is 12.6. The summed E-state index contributed by atoms with van der Waals surface area (Å²) in [5, 5.41) is 3.22. The minimum Gasteiger partial charge on any atom is -0.341 e. The molecule has 0 bridgehead atoms. The first-order valence-corrected chi connectivity index (χ1v) is 12.9. The number of halogens is 3. The van der Waals surface area contributed by atoms with E-state index in [1.165, 1.54) is 6.42 Å². The molecule has 186 valence electrons. The van der Waals surface area contributed by atoms with Crippen LogP contribution in [-0.2, 0) is 22.0 Å². The second-order valence-electron chi connectivity index (χ2n) is 8.50. The van der Waals surface area contributed by atoms with Crippen LogP contribution in [0.3, 0.4) is 0 Å². The summed E-state index contributed by atoms with van der Waals surface area (Å²) in [7, 11) is -3.81. The van der Waals surface area contributed by atoms with Gasteiger partial charge in [-0.3, -0.25) is 4.72 Å². The van der Waals surface area contributed by atoms with E-state index in [1.54, 1.807) is 24.3 Å². The second-order valence-corrected chi connectivity index (χ2v) is 10.2. The zero-order valence-corrected chi connectivity index (χ0v) is 20.0. The van der Waals surface area contributed by atoms with Crippen LogP contribution < -0.4 is 14.9 Å². The van der Waals surface area contributed by atoms with Gasteiger partial charge in [-0.25, -0.2) is 13.4 Å². The van der Waals surface area contributed by atoms with Crippen LogP contribution in [0, 0.1) is 6.92 Å². The summed E-state index contributed by atoms with van der Waals surface area (Å²) in [5.74, 6) is 0.901. The van der Waals surface area contributed by atoms with Crippen LogP contribution in [-0.4, -0.2) is 31.5 Å². The van der Waals surface area contributed by atoms with E-state index in [-0.39, 0.29) is 5.56 Å². The average Bonchev–Trinajstić information content (AvgIpc) is 2.80. The molecule has 1 aromatic heterocycles. The molecular formula is C24H26F3N5O2S. The number of nitrogens with one attached hydrogen (secondary N) is 2. The van der Waals surface area contributed by atoms with Gasteiger partial charge in [0.05, 0.1) is 11.3 Å². The van der Waals surface area contributed by atoms with Crippen LogP contribution in [0.1, 0.15) is 36.1 Å². The molecule has 7 nitrogen and oxygen atoms in total. The number of hydrogen-bond acceptors (Lipinski definition) is 6. The number of aryl methyl sites for hydroxylation is 1. The molecule has 3 aromatic rings. The summed E-state index contributed by atoms with van der Waals surface area (Å²) in [6.45, 7) is 3.78. The predicted octanol–water partition coefficient (Wildman–Crippen LogP) is 5.48. The molecule has 2 heterocycles. The van der Waals surface area contributed by atoms with Gasteiger partial charge in [0, 0.05) is 36.2 Å². The number of anilines is 4. The Morgan fingerprint density at radius 2 is 1.54 bits per heavy atom. The Balaban J connectivity index is 1.39. The molecule has 35 heavy (non-hydrogen) atoms. The molecular weight excluding hydrogens is 479 g/mol. The van der Waals surface area contributed by atoms with E-state index in [4.69, 9.17) is 0 Å². The zero-order chi connectivity index (χ0) is 25.1. The van der Waals surface area contributed by atoms with Crippen LogP contribution >= 0.6 is 0 Å². The number of nitrogens with zero attached hydrogens (tertiary/aromatic N) is 3. The lowest BCUT2D eigenvalue weighted by atomic mass is 10.1. The van der Waals surface area contributed by atoms with Crippen molar-refractivity contribution in [3.8, 4) is 0 Å². The number of piperidine rings is 1. The van der Waals surface area contributed by atoms with E-state index < -0.39 is 27.5 Å². The van der Waals surface area contributed by atoms with E-state index in [9.17, 15) is 21.6 Å². The number of alkyl halides is 3. The number of rotatable bonds is 7. The van der Waals surface area contributed by atoms with Gasteiger partial charge in [0.15, 0.2) is 0 Å². The van der Waals surface area contributed by atoms with Gasteiger partial charge in [0.1, 0.15) is 5.82 Å². The fourth-order valence-corrected chi connectivity index (χ4v) is 5.05. The Morgan fingerprint density at radius 3 is 2.17 bits per heavy atom. The third kappa shape index (κ3) is 6.84. The fourth-order valence-electron chi connectivity index (χ4n) is 3.85. The molecule has 1 aliphatic heterocycles. The zero-order valence-electron chi connectivity index (χ0n) is 19.1. The summed E-state index contributed by atoms with van der Waals surface area (Å²) < 4.78 is 65.5. The second kappa shape index (κ2) is 10.1. The van der Waals surface area contributed by atoms with Crippen molar-refractivity contribution in [3.63, 3.8) is 0 Å². The lowest BCUT2D eigenvalue weighted by Gasteiger charge is -2.27. The van der Waals surface area contributed by atoms with Crippen LogP contribution in [0.15, 0.2) is 54.6 Å². The number of hydrogen-bond donors (Lipinski definition) is 2. The number of sulfonamides is 1.